The predicted molar refractivity (Wildman–Crippen MR) is 49.1 cm³/mol. The standard InChI is InChI=1S/C8H7BrN2O/c9-8-3-1-2-6(11-8)7-4-10-5-12-7/h1-3,5,7H,4H2. The summed E-state index contributed by atoms with van der Waals surface area (Å²) in [6.45, 7) is 0.670. The lowest BCUT2D eigenvalue weighted by molar-refractivity contribution is 0.234. The number of aliphatic imine (C=N–C) groups is 1. The van der Waals surface area contributed by atoms with Crippen molar-refractivity contribution in [3.05, 3.63) is 28.5 Å². The first kappa shape index (κ1) is 7.73. The zero-order chi connectivity index (χ0) is 8.39. The Hall–Kier alpha value is -0.900. The van der Waals surface area contributed by atoms with Crippen molar-refractivity contribution in [1.82, 2.24) is 4.98 Å². The van der Waals surface area contributed by atoms with E-state index in [0.29, 0.717) is 6.54 Å². The summed E-state index contributed by atoms with van der Waals surface area (Å²) in [6, 6.07) is 5.76. The van der Waals surface area contributed by atoms with Gasteiger partial charge in [0.1, 0.15) is 4.60 Å². The maximum absolute atomic E-state index is 5.22. The lowest BCUT2D eigenvalue weighted by Crippen LogP contribution is -2.02. The van der Waals surface area contributed by atoms with E-state index in [0.717, 1.165) is 10.3 Å². The molecule has 0 saturated carbocycles. The zero-order valence-electron chi connectivity index (χ0n) is 6.27. The van der Waals surface area contributed by atoms with Gasteiger partial charge in [-0.15, -0.1) is 0 Å². The summed E-state index contributed by atoms with van der Waals surface area (Å²) >= 11 is 3.30. The molecule has 0 saturated heterocycles. The van der Waals surface area contributed by atoms with E-state index in [2.05, 4.69) is 25.9 Å². The Morgan fingerprint density at radius 3 is 3.08 bits per heavy atom. The van der Waals surface area contributed by atoms with Gasteiger partial charge in [0.2, 0.25) is 0 Å². The number of ether oxygens (including phenoxy) is 1. The fourth-order valence-electron chi connectivity index (χ4n) is 1.06. The third-order valence-corrected chi connectivity index (χ3v) is 2.08. The molecule has 0 fully saturated rings. The van der Waals surface area contributed by atoms with E-state index in [9.17, 15) is 0 Å². The van der Waals surface area contributed by atoms with Crippen LogP contribution in [0.1, 0.15) is 11.8 Å². The van der Waals surface area contributed by atoms with E-state index in [1.807, 2.05) is 18.2 Å². The molecule has 0 aromatic carbocycles. The summed E-state index contributed by atoms with van der Waals surface area (Å²) in [5.74, 6) is 0. The fraction of sp³-hybridized carbons (Fsp3) is 0.250. The second-order valence-electron chi connectivity index (χ2n) is 2.48. The SMILES string of the molecule is Brc1cccc(C2CN=CO2)n1. The van der Waals surface area contributed by atoms with Crippen LogP contribution in [-0.2, 0) is 4.74 Å². The minimum Gasteiger partial charge on any atom is -0.472 e. The second kappa shape index (κ2) is 3.23. The normalized spacial score (nSPS) is 20.9. The van der Waals surface area contributed by atoms with Crippen molar-refractivity contribution in [3.63, 3.8) is 0 Å². The van der Waals surface area contributed by atoms with E-state index < -0.39 is 0 Å². The molecule has 1 atom stereocenters. The highest BCUT2D eigenvalue weighted by Gasteiger charge is 2.16. The third-order valence-electron chi connectivity index (χ3n) is 1.64. The fourth-order valence-corrected chi connectivity index (χ4v) is 1.42. The van der Waals surface area contributed by atoms with Crippen molar-refractivity contribution in [2.45, 2.75) is 6.10 Å². The number of rotatable bonds is 1. The van der Waals surface area contributed by atoms with Crippen LogP contribution in [0.4, 0.5) is 0 Å². The van der Waals surface area contributed by atoms with Crippen LogP contribution >= 0.6 is 15.9 Å². The average molecular weight is 227 g/mol. The van der Waals surface area contributed by atoms with Crippen molar-refractivity contribution in [2.75, 3.05) is 6.54 Å². The molecule has 1 unspecified atom stereocenters. The molecule has 0 radical (unpaired) electrons. The van der Waals surface area contributed by atoms with Crippen LogP contribution < -0.4 is 0 Å². The molecule has 0 aliphatic carbocycles. The average Bonchev–Trinajstić information content (AvgIpc) is 2.56. The van der Waals surface area contributed by atoms with Crippen molar-refractivity contribution in [1.29, 1.82) is 0 Å². The molecule has 0 bridgehead atoms. The van der Waals surface area contributed by atoms with Crippen LogP contribution in [-0.4, -0.2) is 17.9 Å². The molecule has 1 aromatic rings. The summed E-state index contributed by atoms with van der Waals surface area (Å²) in [7, 11) is 0. The van der Waals surface area contributed by atoms with Crippen LogP contribution in [0.15, 0.2) is 27.8 Å². The van der Waals surface area contributed by atoms with E-state index in [1.165, 1.54) is 6.40 Å². The minimum atomic E-state index is 0.00231. The molecular weight excluding hydrogens is 220 g/mol. The van der Waals surface area contributed by atoms with Gasteiger partial charge in [-0.1, -0.05) is 6.07 Å². The Morgan fingerprint density at radius 1 is 1.50 bits per heavy atom. The van der Waals surface area contributed by atoms with E-state index in [4.69, 9.17) is 4.74 Å². The van der Waals surface area contributed by atoms with Gasteiger partial charge in [-0.3, -0.25) is 4.99 Å². The monoisotopic (exact) mass is 226 g/mol. The topological polar surface area (TPSA) is 34.5 Å². The Labute approximate surface area is 78.6 Å². The highest BCUT2D eigenvalue weighted by molar-refractivity contribution is 9.10. The predicted octanol–water partition coefficient (Wildman–Crippen LogP) is 1.94. The van der Waals surface area contributed by atoms with E-state index in [1.54, 1.807) is 0 Å². The van der Waals surface area contributed by atoms with Crippen molar-refractivity contribution >= 4 is 22.3 Å². The summed E-state index contributed by atoms with van der Waals surface area (Å²) < 4.78 is 6.05. The maximum atomic E-state index is 5.22. The summed E-state index contributed by atoms with van der Waals surface area (Å²) in [5.41, 5.74) is 0.918. The number of halogens is 1. The summed E-state index contributed by atoms with van der Waals surface area (Å²) in [4.78, 5) is 8.24. The maximum Gasteiger partial charge on any atom is 0.170 e. The minimum absolute atomic E-state index is 0.00231. The van der Waals surface area contributed by atoms with Gasteiger partial charge in [0.25, 0.3) is 0 Å². The highest BCUT2D eigenvalue weighted by Crippen LogP contribution is 2.19. The van der Waals surface area contributed by atoms with Gasteiger partial charge in [0.15, 0.2) is 12.5 Å². The Morgan fingerprint density at radius 2 is 2.42 bits per heavy atom. The van der Waals surface area contributed by atoms with E-state index >= 15 is 0 Å². The first-order valence-electron chi connectivity index (χ1n) is 3.62. The quantitative estimate of drug-likeness (QED) is 0.687. The lowest BCUT2D eigenvalue weighted by Gasteiger charge is -2.07. The van der Waals surface area contributed by atoms with Gasteiger partial charge in [-0.25, -0.2) is 4.98 Å². The molecule has 1 aliphatic heterocycles. The van der Waals surface area contributed by atoms with Crippen LogP contribution in [0.25, 0.3) is 0 Å². The number of hydrogen-bond donors (Lipinski definition) is 0. The number of nitrogens with zero attached hydrogens (tertiary/aromatic N) is 2. The highest BCUT2D eigenvalue weighted by atomic mass is 79.9. The van der Waals surface area contributed by atoms with Crippen LogP contribution in [0.2, 0.25) is 0 Å². The van der Waals surface area contributed by atoms with Gasteiger partial charge in [-0.2, -0.15) is 0 Å². The molecule has 0 N–H and O–H groups in total. The Bertz CT molecular complexity index is 306. The summed E-state index contributed by atoms with van der Waals surface area (Å²) in [6.07, 6.45) is 1.48. The molecule has 0 amide bonds. The number of hydrogen-bond acceptors (Lipinski definition) is 3. The van der Waals surface area contributed by atoms with Gasteiger partial charge < -0.3 is 4.74 Å². The van der Waals surface area contributed by atoms with Crippen molar-refractivity contribution in [2.24, 2.45) is 4.99 Å². The van der Waals surface area contributed by atoms with Crippen LogP contribution in [0.5, 0.6) is 0 Å². The molecule has 2 rings (SSSR count). The van der Waals surface area contributed by atoms with Gasteiger partial charge in [0, 0.05) is 0 Å². The molecule has 12 heavy (non-hydrogen) atoms. The molecule has 0 spiro atoms. The molecule has 1 aliphatic rings. The summed E-state index contributed by atoms with van der Waals surface area (Å²) in [5, 5.41) is 0. The molecule has 62 valence electrons. The molecular formula is C8H7BrN2O. The zero-order valence-corrected chi connectivity index (χ0v) is 7.86. The first-order valence-corrected chi connectivity index (χ1v) is 4.42. The van der Waals surface area contributed by atoms with Gasteiger partial charge in [-0.05, 0) is 28.1 Å². The van der Waals surface area contributed by atoms with Crippen LogP contribution in [0.3, 0.4) is 0 Å². The number of aromatic nitrogens is 1. The Balaban J connectivity index is 2.22. The first-order chi connectivity index (χ1) is 5.86. The van der Waals surface area contributed by atoms with Crippen molar-refractivity contribution in [3.8, 4) is 0 Å². The Kier molecular flexibility index (Phi) is 2.08. The smallest absolute Gasteiger partial charge is 0.170 e. The number of pyridine rings is 1. The van der Waals surface area contributed by atoms with Gasteiger partial charge >= 0.3 is 0 Å². The third kappa shape index (κ3) is 1.48. The second-order valence-corrected chi connectivity index (χ2v) is 3.29. The van der Waals surface area contributed by atoms with Crippen molar-refractivity contribution < 1.29 is 4.74 Å². The van der Waals surface area contributed by atoms with Gasteiger partial charge in [0.05, 0.1) is 12.2 Å². The molecule has 4 heteroatoms. The largest absolute Gasteiger partial charge is 0.472 e. The van der Waals surface area contributed by atoms with E-state index in [-0.39, 0.29) is 6.10 Å². The van der Waals surface area contributed by atoms with Crippen LogP contribution in [0, 0.1) is 0 Å². The molecule has 1 aromatic heterocycles. The molecule has 2 heterocycles. The molecule has 3 nitrogen and oxygen atoms in total. The lowest BCUT2D eigenvalue weighted by atomic mass is 10.2.